The third-order valence-electron chi connectivity index (χ3n) is 4.75. The zero-order valence-electron chi connectivity index (χ0n) is 16.2. The maximum absolute atomic E-state index is 12.5. The molecule has 4 heteroatoms. The van der Waals surface area contributed by atoms with E-state index in [0.29, 0.717) is 28.6 Å². The van der Waals surface area contributed by atoms with Crippen LogP contribution >= 0.6 is 0 Å². The molecule has 4 nitrogen and oxygen atoms in total. The van der Waals surface area contributed by atoms with Gasteiger partial charge >= 0.3 is 0 Å². The molecule has 0 atom stereocenters. The highest BCUT2D eigenvalue weighted by molar-refractivity contribution is 6.05. The van der Waals surface area contributed by atoms with Gasteiger partial charge in [-0.25, -0.2) is 4.98 Å². The predicted molar refractivity (Wildman–Crippen MR) is 113 cm³/mol. The number of fused-ring (bicyclic) bond motifs is 1. The number of carbonyl (C=O) groups is 1. The number of benzene rings is 3. The molecule has 0 saturated heterocycles. The molecule has 3 aromatic carbocycles. The number of carbonyl (C=O) groups excluding carboxylic acids is 1. The molecule has 0 aliphatic rings. The molecule has 0 fully saturated rings. The normalized spacial score (nSPS) is 11.1. The summed E-state index contributed by atoms with van der Waals surface area (Å²) in [5.41, 5.74) is 5.97. The number of hydrogen-bond donors (Lipinski definition) is 1. The standard InChI is InChI=1S/C24H22N2O2/c1-15(2)17-7-9-18(10-8-17)24-26-21-12-11-20(14-22(21)28-24)25-23(27)19-6-4-5-16(3)13-19/h4-15H,1-3H3,(H,25,27). The lowest BCUT2D eigenvalue weighted by Crippen LogP contribution is -2.11. The molecule has 0 radical (unpaired) electrons. The molecule has 1 heterocycles. The number of aryl methyl sites for hydroxylation is 1. The average molecular weight is 370 g/mol. The van der Waals surface area contributed by atoms with Crippen LogP contribution in [0.15, 0.2) is 71.1 Å². The van der Waals surface area contributed by atoms with Crippen LogP contribution in [0.25, 0.3) is 22.6 Å². The van der Waals surface area contributed by atoms with Gasteiger partial charge in [-0.1, -0.05) is 43.7 Å². The van der Waals surface area contributed by atoms with Crippen molar-refractivity contribution >= 4 is 22.7 Å². The van der Waals surface area contributed by atoms with E-state index in [4.69, 9.17) is 4.42 Å². The monoisotopic (exact) mass is 370 g/mol. The third-order valence-corrected chi connectivity index (χ3v) is 4.75. The minimum absolute atomic E-state index is 0.146. The van der Waals surface area contributed by atoms with Crippen LogP contribution < -0.4 is 5.32 Å². The third kappa shape index (κ3) is 3.67. The Hall–Kier alpha value is -3.40. The second-order valence-corrected chi connectivity index (χ2v) is 7.30. The van der Waals surface area contributed by atoms with Gasteiger partial charge in [0.25, 0.3) is 5.91 Å². The molecular formula is C24H22N2O2. The molecule has 0 spiro atoms. The van der Waals surface area contributed by atoms with Gasteiger partial charge in [0, 0.05) is 22.9 Å². The second-order valence-electron chi connectivity index (χ2n) is 7.30. The van der Waals surface area contributed by atoms with Gasteiger partial charge in [0.2, 0.25) is 5.89 Å². The summed E-state index contributed by atoms with van der Waals surface area (Å²) < 4.78 is 5.94. The topological polar surface area (TPSA) is 55.1 Å². The minimum atomic E-state index is -0.146. The summed E-state index contributed by atoms with van der Waals surface area (Å²) >= 11 is 0. The number of nitrogens with zero attached hydrogens (tertiary/aromatic N) is 1. The van der Waals surface area contributed by atoms with Gasteiger partial charge in [0.15, 0.2) is 5.58 Å². The number of anilines is 1. The van der Waals surface area contributed by atoms with E-state index in [9.17, 15) is 4.79 Å². The van der Waals surface area contributed by atoms with Gasteiger partial charge in [-0.3, -0.25) is 4.79 Å². The molecule has 1 N–H and O–H groups in total. The highest BCUT2D eigenvalue weighted by atomic mass is 16.3. The van der Waals surface area contributed by atoms with E-state index in [-0.39, 0.29) is 5.91 Å². The van der Waals surface area contributed by atoms with Crippen molar-refractivity contribution in [3.63, 3.8) is 0 Å². The van der Waals surface area contributed by atoms with Gasteiger partial charge in [0.1, 0.15) is 5.52 Å². The predicted octanol–water partition coefficient (Wildman–Crippen LogP) is 6.18. The second kappa shape index (κ2) is 7.31. The largest absolute Gasteiger partial charge is 0.436 e. The maximum Gasteiger partial charge on any atom is 0.255 e. The Kier molecular flexibility index (Phi) is 4.70. The van der Waals surface area contributed by atoms with Crippen molar-refractivity contribution in [2.75, 3.05) is 5.32 Å². The molecule has 0 aliphatic heterocycles. The lowest BCUT2D eigenvalue weighted by molar-refractivity contribution is 0.102. The molecule has 0 unspecified atom stereocenters. The molecule has 140 valence electrons. The summed E-state index contributed by atoms with van der Waals surface area (Å²) in [5, 5.41) is 2.92. The molecular weight excluding hydrogens is 348 g/mol. The van der Waals surface area contributed by atoms with E-state index in [1.165, 1.54) is 5.56 Å². The van der Waals surface area contributed by atoms with Crippen molar-refractivity contribution in [1.29, 1.82) is 0 Å². The fourth-order valence-corrected chi connectivity index (χ4v) is 3.13. The molecule has 1 aromatic heterocycles. The summed E-state index contributed by atoms with van der Waals surface area (Å²) in [5.74, 6) is 0.914. The Morgan fingerprint density at radius 3 is 2.50 bits per heavy atom. The Bertz CT molecular complexity index is 1140. The van der Waals surface area contributed by atoms with E-state index in [2.05, 4.69) is 36.3 Å². The zero-order valence-corrected chi connectivity index (χ0v) is 16.2. The van der Waals surface area contributed by atoms with Crippen molar-refractivity contribution in [1.82, 2.24) is 4.98 Å². The molecule has 4 rings (SSSR count). The average Bonchev–Trinajstić information content (AvgIpc) is 3.11. The van der Waals surface area contributed by atoms with Gasteiger partial charge in [-0.15, -0.1) is 0 Å². The van der Waals surface area contributed by atoms with Crippen molar-refractivity contribution in [2.45, 2.75) is 26.7 Å². The van der Waals surface area contributed by atoms with E-state index in [0.717, 1.165) is 16.6 Å². The number of rotatable bonds is 4. The molecule has 0 bridgehead atoms. The maximum atomic E-state index is 12.5. The summed E-state index contributed by atoms with van der Waals surface area (Å²) in [6, 6.07) is 21.3. The van der Waals surface area contributed by atoms with Gasteiger partial charge < -0.3 is 9.73 Å². The van der Waals surface area contributed by atoms with Crippen molar-refractivity contribution in [2.24, 2.45) is 0 Å². The fourth-order valence-electron chi connectivity index (χ4n) is 3.13. The van der Waals surface area contributed by atoms with Crippen molar-refractivity contribution in [3.05, 3.63) is 83.4 Å². The van der Waals surface area contributed by atoms with Crippen LogP contribution in [0.3, 0.4) is 0 Å². The van der Waals surface area contributed by atoms with Gasteiger partial charge in [-0.05, 0) is 54.8 Å². The number of nitrogens with one attached hydrogen (secondary N) is 1. The van der Waals surface area contributed by atoms with E-state index < -0.39 is 0 Å². The Labute approximate surface area is 164 Å². The van der Waals surface area contributed by atoms with E-state index >= 15 is 0 Å². The summed E-state index contributed by atoms with van der Waals surface area (Å²) in [4.78, 5) is 17.0. The summed E-state index contributed by atoms with van der Waals surface area (Å²) in [6.07, 6.45) is 0. The van der Waals surface area contributed by atoms with Crippen LogP contribution in [0.1, 0.15) is 41.3 Å². The number of amides is 1. The SMILES string of the molecule is Cc1cccc(C(=O)Nc2ccc3nc(-c4ccc(C(C)C)cc4)oc3c2)c1. The molecule has 1 amide bonds. The van der Waals surface area contributed by atoms with Gasteiger partial charge in [0.05, 0.1) is 0 Å². The van der Waals surface area contributed by atoms with Crippen molar-refractivity contribution < 1.29 is 9.21 Å². The summed E-state index contributed by atoms with van der Waals surface area (Å²) in [7, 11) is 0. The van der Waals surface area contributed by atoms with Crippen LogP contribution in [0.5, 0.6) is 0 Å². The highest BCUT2D eigenvalue weighted by Crippen LogP contribution is 2.27. The van der Waals surface area contributed by atoms with Crippen LogP contribution in [-0.2, 0) is 0 Å². The molecule has 4 aromatic rings. The Morgan fingerprint density at radius 2 is 1.79 bits per heavy atom. The number of aromatic nitrogens is 1. The first-order chi connectivity index (χ1) is 13.5. The Morgan fingerprint density at radius 1 is 1.00 bits per heavy atom. The first-order valence-corrected chi connectivity index (χ1v) is 9.38. The molecule has 0 aliphatic carbocycles. The fraction of sp³-hybridized carbons (Fsp3) is 0.167. The Balaban J connectivity index is 1.58. The minimum Gasteiger partial charge on any atom is -0.436 e. The first kappa shape index (κ1) is 18.0. The number of hydrogen-bond acceptors (Lipinski definition) is 3. The highest BCUT2D eigenvalue weighted by Gasteiger charge is 2.11. The van der Waals surface area contributed by atoms with Crippen LogP contribution in [-0.4, -0.2) is 10.9 Å². The van der Waals surface area contributed by atoms with Crippen LogP contribution in [0.2, 0.25) is 0 Å². The lowest BCUT2D eigenvalue weighted by atomic mass is 10.0. The lowest BCUT2D eigenvalue weighted by Gasteiger charge is -2.05. The van der Waals surface area contributed by atoms with Crippen LogP contribution in [0, 0.1) is 6.92 Å². The number of oxazole rings is 1. The first-order valence-electron chi connectivity index (χ1n) is 9.38. The smallest absolute Gasteiger partial charge is 0.255 e. The van der Waals surface area contributed by atoms with Gasteiger partial charge in [-0.2, -0.15) is 0 Å². The quantitative estimate of drug-likeness (QED) is 0.467. The van der Waals surface area contributed by atoms with E-state index in [1.54, 1.807) is 6.07 Å². The molecule has 0 saturated carbocycles. The summed E-state index contributed by atoms with van der Waals surface area (Å²) in [6.45, 7) is 6.30. The zero-order chi connectivity index (χ0) is 19.7. The molecule has 28 heavy (non-hydrogen) atoms. The van der Waals surface area contributed by atoms with Crippen molar-refractivity contribution in [3.8, 4) is 11.5 Å². The van der Waals surface area contributed by atoms with Crippen LogP contribution in [0.4, 0.5) is 5.69 Å². The van der Waals surface area contributed by atoms with E-state index in [1.807, 2.05) is 55.5 Å².